The maximum Gasteiger partial charge on any atom is -0.000000410 e. The van der Waals surface area contributed by atoms with Gasteiger partial charge in [0.05, 0.1) is 0 Å². The first kappa shape index (κ1) is 14.5. The Labute approximate surface area is 106 Å². The van der Waals surface area contributed by atoms with Gasteiger partial charge in [-0.15, -0.1) is 0 Å². The Morgan fingerprint density at radius 3 is 1.64 bits per heavy atom. The van der Waals surface area contributed by atoms with E-state index in [9.17, 15) is 0 Å². The van der Waals surface area contributed by atoms with Crippen molar-refractivity contribution in [3.8, 4) is 0 Å². The number of thiol groups is 1. The Kier molecular flexibility index (Phi) is 17.8. The Balaban J connectivity index is 2.69. The zero-order chi connectivity index (χ0) is 8.36. The monoisotopic (exact) mass is 336 g/mol. The molecule has 11 heavy (non-hydrogen) atoms. The normalized spacial score (nSPS) is 10.4. The van der Waals surface area contributed by atoms with Crippen LogP contribution in [0.1, 0.15) is 0 Å². The number of hydrogen-bond acceptors (Lipinski definition) is 10. The van der Waals surface area contributed by atoms with Crippen LogP contribution in [0.5, 0.6) is 0 Å². The summed E-state index contributed by atoms with van der Waals surface area (Å²) in [5.41, 5.74) is 0. The molecule has 0 nitrogen and oxygen atoms in total. The van der Waals surface area contributed by atoms with Gasteiger partial charge in [-0.25, -0.2) is 0 Å². The lowest BCUT2D eigenvalue weighted by Gasteiger charge is -1.94. The molecule has 0 atom stereocenters. The molecule has 0 radical (unpaired) electrons. The molecule has 0 amide bonds. The summed E-state index contributed by atoms with van der Waals surface area (Å²) in [5.74, 6) is 0. The second-order valence-electron chi connectivity index (χ2n) is 0.717. The van der Waals surface area contributed by atoms with Crippen molar-refractivity contribution in [1.29, 1.82) is 0 Å². The highest BCUT2D eigenvalue weighted by atomic mass is 34.0. The zero-order valence-electron chi connectivity index (χ0n) is 5.12. The van der Waals surface area contributed by atoms with E-state index in [0.717, 1.165) is 0 Å². The fraction of sp³-hybridized carbons (Fsp3) is 1.00. The fourth-order valence-corrected chi connectivity index (χ4v) is 19.0. The van der Waals surface area contributed by atoms with E-state index in [2.05, 4.69) is 17.9 Å². The molecule has 0 unspecified atom stereocenters. The van der Waals surface area contributed by atoms with Gasteiger partial charge in [0.25, 0.3) is 0 Å². The van der Waals surface area contributed by atoms with Gasteiger partial charge in [0.1, 0.15) is 0 Å². The van der Waals surface area contributed by atoms with E-state index in [1.165, 1.54) is 9.83 Å². The number of rotatable bonds is 8. The molecule has 0 spiro atoms. The number of hydrogen-bond donors (Lipinski definition) is 1. The van der Waals surface area contributed by atoms with Gasteiger partial charge < -0.3 is 0 Å². The van der Waals surface area contributed by atoms with E-state index in [1.807, 2.05) is 0 Å². The smallest absolute Gasteiger partial charge is 0.000000410 e. The summed E-state index contributed by atoms with van der Waals surface area (Å²) in [6.07, 6.45) is 2.08. The first-order chi connectivity index (χ1) is 5.41. The first-order valence-electron chi connectivity index (χ1n) is 1.92. The highest BCUT2D eigenvalue weighted by Crippen LogP contribution is 2.58. The lowest BCUT2D eigenvalue weighted by molar-refractivity contribution is 2.55. The lowest BCUT2D eigenvalue weighted by Crippen LogP contribution is -1.31. The van der Waals surface area contributed by atoms with E-state index in [-0.39, 0.29) is 0 Å². The van der Waals surface area contributed by atoms with Gasteiger partial charge in [0.15, 0.2) is 0 Å². The van der Waals surface area contributed by atoms with Crippen LogP contribution in [0, 0.1) is 0 Å². The van der Waals surface area contributed by atoms with Crippen molar-refractivity contribution < 1.29 is 0 Å². The van der Waals surface area contributed by atoms with Gasteiger partial charge in [-0.1, -0.05) is 22.5 Å². The van der Waals surface area contributed by atoms with Gasteiger partial charge in [-0.2, -0.15) is 0 Å². The Morgan fingerprint density at radius 1 is 0.727 bits per heavy atom. The molecular weight excluding hydrogens is 333 g/mol. The maximum absolute atomic E-state index is 4.00. The van der Waals surface area contributed by atoms with Crippen LogP contribution < -0.4 is 0 Å². The average molecular weight is 337 g/mol. The minimum absolute atomic E-state index is 1.48. The molecule has 0 aliphatic heterocycles. The van der Waals surface area contributed by atoms with E-state index >= 15 is 0 Å². The predicted molar refractivity (Wildman–Crippen MR) is 83.2 cm³/mol. The quantitative estimate of drug-likeness (QED) is 0.302. The third-order valence-corrected chi connectivity index (χ3v) is 17.8. The molecule has 0 N–H and O–H groups in total. The summed E-state index contributed by atoms with van der Waals surface area (Å²) in [6, 6.07) is 0. The molecule has 0 aliphatic rings. The standard InChI is InChI=1S/CH4S10/c1-3-5-7-9-11-10-8-6-4-2/h2H,1H3. The second-order valence-corrected chi connectivity index (χ2v) is 16.4. The van der Waals surface area contributed by atoms with Crippen LogP contribution in [0.15, 0.2) is 0 Å². The molecular formula is CH4S10. The lowest BCUT2D eigenvalue weighted by atomic mass is 12.0. The van der Waals surface area contributed by atoms with Crippen LogP contribution >= 0.6 is 101 Å². The van der Waals surface area contributed by atoms with Crippen molar-refractivity contribution in [1.82, 2.24) is 0 Å². The maximum atomic E-state index is 4.00. The van der Waals surface area contributed by atoms with E-state index < -0.39 is 0 Å². The van der Waals surface area contributed by atoms with Crippen molar-refractivity contribution in [3.05, 3.63) is 0 Å². The van der Waals surface area contributed by atoms with Crippen molar-refractivity contribution >= 4 is 101 Å². The Morgan fingerprint density at radius 2 is 1.18 bits per heavy atom. The van der Waals surface area contributed by atoms with Crippen molar-refractivity contribution in [2.75, 3.05) is 6.26 Å². The molecule has 0 heterocycles. The third kappa shape index (κ3) is 13.5. The molecule has 0 saturated carbocycles. The molecule has 68 valence electrons. The molecule has 0 aromatic carbocycles. The third-order valence-electron chi connectivity index (χ3n) is 0.265. The van der Waals surface area contributed by atoms with Gasteiger partial charge >= 0.3 is 0 Å². The molecule has 0 aromatic heterocycles. The summed E-state index contributed by atoms with van der Waals surface area (Å²) >= 11 is 4.00. The van der Waals surface area contributed by atoms with Crippen molar-refractivity contribution in [2.24, 2.45) is 0 Å². The molecule has 10 heteroatoms. The van der Waals surface area contributed by atoms with E-state index in [1.54, 1.807) is 79.6 Å². The van der Waals surface area contributed by atoms with Gasteiger partial charge in [0, 0.05) is 0 Å². The summed E-state index contributed by atoms with van der Waals surface area (Å²) in [7, 11) is 15.6. The first-order valence-corrected chi connectivity index (χ1v) is 14.9. The molecule has 0 aliphatic carbocycles. The zero-order valence-corrected chi connectivity index (χ0v) is 13.4. The van der Waals surface area contributed by atoms with E-state index in [0.29, 0.717) is 0 Å². The Bertz CT molecular complexity index is 53.9. The largest absolute Gasteiger partial charge is 0.0988 e. The van der Waals surface area contributed by atoms with Crippen LogP contribution in [0.2, 0.25) is 0 Å². The fourth-order valence-electron chi connectivity index (χ4n) is 0.0969. The minimum atomic E-state index is 1.48. The molecule has 0 bridgehead atoms. The van der Waals surface area contributed by atoms with Crippen LogP contribution in [-0.4, -0.2) is 6.26 Å². The minimum Gasteiger partial charge on any atom is -0.0988 e. The second kappa shape index (κ2) is 13.5. The summed E-state index contributed by atoms with van der Waals surface area (Å²) in [5, 5.41) is 0. The summed E-state index contributed by atoms with van der Waals surface area (Å²) in [6.45, 7) is 0. The Hall–Kier alpha value is 3.50. The topological polar surface area (TPSA) is 0 Å². The van der Waals surface area contributed by atoms with Crippen LogP contribution in [0.4, 0.5) is 0 Å². The summed E-state index contributed by atoms with van der Waals surface area (Å²) in [4.78, 5) is 0. The highest BCUT2D eigenvalue weighted by Gasteiger charge is 1.93. The van der Waals surface area contributed by atoms with Crippen LogP contribution in [0.3, 0.4) is 0 Å². The van der Waals surface area contributed by atoms with E-state index in [4.69, 9.17) is 0 Å². The molecule has 0 aromatic rings. The molecule has 0 rings (SSSR count). The predicted octanol–water partition coefficient (Wildman–Crippen LogP) is 6.38. The molecule has 0 fully saturated rings. The summed E-state index contributed by atoms with van der Waals surface area (Å²) < 4.78 is 0. The van der Waals surface area contributed by atoms with Gasteiger partial charge in [-0.3, -0.25) is 0 Å². The van der Waals surface area contributed by atoms with Crippen LogP contribution in [0.25, 0.3) is 0 Å². The highest BCUT2D eigenvalue weighted by molar-refractivity contribution is 9.52. The van der Waals surface area contributed by atoms with Crippen LogP contribution in [-0.2, 0) is 0 Å². The van der Waals surface area contributed by atoms with Gasteiger partial charge in [0.2, 0.25) is 0 Å². The van der Waals surface area contributed by atoms with Crippen molar-refractivity contribution in [2.45, 2.75) is 0 Å². The van der Waals surface area contributed by atoms with Crippen molar-refractivity contribution in [3.63, 3.8) is 0 Å². The van der Waals surface area contributed by atoms with Gasteiger partial charge in [-0.05, 0) is 84.9 Å². The average Bonchev–Trinajstić information content (AvgIpc) is 2.03. The SMILES string of the molecule is CSSSSSSSSSS. The molecule has 0 saturated heterocycles.